The molecule has 4 saturated heterocycles. The number of likely N-dealkylation sites (tertiary alicyclic amines) is 1. The number of methoxy groups -OCH3 is 1. The third-order valence-corrected chi connectivity index (χ3v) is 11.6. The van der Waals surface area contributed by atoms with Crippen molar-refractivity contribution in [1.29, 1.82) is 0 Å². The topological polar surface area (TPSA) is 129 Å². The molecule has 256 valence electrons. The molecule has 5 heterocycles. The molecule has 0 radical (unpaired) electrons. The average Bonchev–Trinajstić information content (AvgIpc) is 3.34. The zero-order valence-electron chi connectivity index (χ0n) is 28.2. The van der Waals surface area contributed by atoms with Crippen molar-refractivity contribution in [3.8, 4) is 5.75 Å². The van der Waals surface area contributed by atoms with E-state index in [9.17, 15) is 19.2 Å². The van der Waals surface area contributed by atoms with Crippen LogP contribution in [0.1, 0.15) is 77.6 Å². The quantitative estimate of drug-likeness (QED) is 0.338. The van der Waals surface area contributed by atoms with Gasteiger partial charge in [-0.3, -0.25) is 29.4 Å². The van der Waals surface area contributed by atoms with Crippen molar-refractivity contribution in [2.75, 3.05) is 68.5 Å². The summed E-state index contributed by atoms with van der Waals surface area (Å²) in [5, 5.41) is 2.26. The molecule has 1 atom stereocenters. The van der Waals surface area contributed by atoms with E-state index in [1.165, 1.54) is 50.0 Å². The SMILES string of the molecule is COc1cc(N2CCC(C3CCN(CC4CCN(c5ccc6c(c5)C(=O)N(C5CCC(=O)NC5=O)C6=O)CC4)CC3)CC2)c(C)cc1N. The Hall–Kier alpha value is -4.12. The Morgan fingerprint density at radius 3 is 2.10 bits per heavy atom. The molecular weight excluding hydrogens is 608 g/mol. The number of nitrogens with two attached hydrogens (primary N) is 1. The van der Waals surface area contributed by atoms with Gasteiger partial charge in [-0.15, -0.1) is 0 Å². The number of nitrogens with zero attached hydrogens (tertiary/aromatic N) is 4. The van der Waals surface area contributed by atoms with Crippen LogP contribution < -0.4 is 25.6 Å². The van der Waals surface area contributed by atoms with Gasteiger partial charge in [0.05, 0.1) is 23.9 Å². The van der Waals surface area contributed by atoms with Gasteiger partial charge in [0.25, 0.3) is 11.8 Å². The van der Waals surface area contributed by atoms with E-state index in [4.69, 9.17) is 10.5 Å². The molecule has 2 aromatic carbocycles. The first kappa shape index (κ1) is 32.4. The minimum absolute atomic E-state index is 0.115. The number of benzene rings is 2. The largest absolute Gasteiger partial charge is 0.495 e. The molecule has 1 unspecified atom stereocenters. The van der Waals surface area contributed by atoms with Crippen molar-refractivity contribution in [1.82, 2.24) is 15.1 Å². The van der Waals surface area contributed by atoms with Crippen LogP contribution in [-0.2, 0) is 9.59 Å². The highest BCUT2D eigenvalue weighted by Crippen LogP contribution is 2.38. The molecule has 4 fully saturated rings. The average molecular weight is 657 g/mol. The summed E-state index contributed by atoms with van der Waals surface area (Å²) in [7, 11) is 1.68. The lowest BCUT2D eigenvalue weighted by Crippen LogP contribution is -2.54. The number of piperidine rings is 4. The summed E-state index contributed by atoms with van der Waals surface area (Å²) in [5.41, 5.74) is 10.9. The van der Waals surface area contributed by atoms with Crippen molar-refractivity contribution < 1.29 is 23.9 Å². The van der Waals surface area contributed by atoms with Gasteiger partial charge < -0.3 is 25.2 Å². The van der Waals surface area contributed by atoms with Crippen LogP contribution in [-0.4, -0.2) is 92.4 Å². The van der Waals surface area contributed by atoms with Gasteiger partial charge in [-0.1, -0.05) is 0 Å². The minimum Gasteiger partial charge on any atom is -0.495 e. The second kappa shape index (κ2) is 13.4. The fourth-order valence-corrected chi connectivity index (χ4v) is 8.83. The van der Waals surface area contributed by atoms with Gasteiger partial charge in [0.15, 0.2) is 0 Å². The Balaban J connectivity index is 0.865. The van der Waals surface area contributed by atoms with Gasteiger partial charge >= 0.3 is 0 Å². The third-order valence-electron chi connectivity index (χ3n) is 11.6. The predicted octanol–water partition coefficient (Wildman–Crippen LogP) is 3.83. The molecule has 0 spiro atoms. The fraction of sp³-hybridized carbons (Fsp3) is 0.568. The maximum atomic E-state index is 13.3. The van der Waals surface area contributed by atoms with E-state index in [-0.39, 0.29) is 18.7 Å². The highest BCUT2D eigenvalue weighted by atomic mass is 16.5. The number of anilines is 3. The maximum Gasteiger partial charge on any atom is 0.262 e. The van der Waals surface area contributed by atoms with E-state index in [0.29, 0.717) is 22.7 Å². The molecule has 0 bridgehead atoms. The van der Waals surface area contributed by atoms with Gasteiger partial charge in [0, 0.05) is 56.6 Å². The second-order valence-electron chi connectivity index (χ2n) is 14.5. The van der Waals surface area contributed by atoms with Crippen LogP contribution >= 0.6 is 0 Å². The van der Waals surface area contributed by atoms with E-state index in [0.717, 1.165) is 73.7 Å². The Morgan fingerprint density at radius 1 is 0.792 bits per heavy atom. The van der Waals surface area contributed by atoms with Crippen molar-refractivity contribution in [2.24, 2.45) is 17.8 Å². The van der Waals surface area contributed by atoms with Gasteiger partial charge in [-0.05, 0) is 113 Å². The lowest BCUT2D eigenvalue weighted by Gasteiger charge is -2.42. The molecule has 0 aliphatic carbocycles. The zero-order valence-corrected chi connectivity index (χ0v) is 28.2. The Labute approximate surface area is 282 Å². The van der Waals surface area contributed by atoms with Crippen LogP contribution in [0.3, 0.4) is 0 Å². The zero-order chi connectivity index (χ0) is 33.5. The maximum absolute atomic E-state index is 13.3. The molecule has 0 aromatic heterocycles. The van der Waals surface area contributed by atoms with Crippen LogP contribution in [0.25, 0.3) is 0 Å². The first-order valence-electron chi connectivity index (χ1n) is 17.7. The lowest BCUT2D eigenvalue weighted by atomic mass is 9.78. The number of aryl methyl sites for hydroxylation is 1. The van der Waals surface area contributed by atoms with Gasteiger partial charge in [-0.2, -0.15) is 0 Å². The van der Waals surface area contributed by atoms with Crippen LogP contribution in [0, 0.1) is 24.7 Å². The van der Waals surface area contributed by atoms with Crippen LogP contribution in [0.2, 0.25) is 0 Å². The minimum atomic E-state index is -0.942. The molecule has 11 nitrogen and oxygen atoms in total. The van der Waals surface area contributed by atoms with Gasteiger partial charge in [-0.25, -0.2) is 0 Å². The van der Waals surface area contributed by atoms with Crippen molar-refractivity contribution >= 4 is 40.7 Å². The summed E-state index contributed by atoms with van der Waals surface area (Å²) in [6.07, 6.45) is 7.53. The van der Waals surface area contributed by atoms with E-state index in [1.807, 2.05) is 18.2 Å². The number of imide groups is 2. The number of carbonyl (C=O) groups excluding carboxylic acids is 4. The third kappa shape index (κ3) is 6.24. The number of hydrogen-bond acceptors (Lipinski definition) is 9. The molecule has 5 aliphatic rings. The normalized spacial score (nSPS) is 23.5. The number of carbonyl (C=O) groups is 4. The fourth-order valence-electron chi connectivity index (χ4n) is 8.83. The monoisotopic (exact) mass is 656 g/mol. The van der Waals surface area contributed by atoms with Crippen LogP contribution in [0.15, 0.2) is 30.3 Å². The molecule has 7 rings (SSSR count). The molecule has 0 saturated carbocycles. The highest BCUT2D eigenvalue weighted by Gasteiger charge is 2.45. The van der Waals surface area contributed by atoms with Gasteiger partial charge in [0.1, 0.15) is 11.8 Å². The summed E-state index contributed by atoms with van der Waals surface area (Å²) in [5.74, 6) is 1.16. The Kier molecular flexibility index (Phi) is 9.06. The highest BCUT2D eigenvalue weighted by molar-refractivity contribution is 6.23. The van der Waals surface area contributed by atoms with E-state index >= 15 is 0 Å². The molecule has 3 N–H and O–H groups in total. The summed E-state index contributed by atoms with van der Waals surface area (Å²) in [6, 6.07) is 8.63. The molecule has 5 aliphatic heterocycles. The van der Waals surface area contributed by atoms with E-state index < -0.39 is 23.8 Å². The molecule has 2 aromatic rings. The van der Waals surface area contributed by atoms with Crippen molar-refractivity contribution in [3.05, 3.63) is 47.0 Å². The first-order chi connectivity index (χ1) is 23.2. The molecule has 48 heavy (non-hydrogen) atoms. The molecule has 4 amide bonds. The van der Waals surface area contributed by atoms with E-state index in [2.05, 4.69) is 33.0 Å². The Bertz CT molecular complexity index is 1590. The van der Waals surface area contributed by atoms with Crippen LogP contribution in [0.5, 0.6) is 5.75 Å². The number of amides is 4. The summed E-state index contributed by atoms with van der Waals surface area (Å²) < 4.78 is 5.49. The first-order valence-corrected chi connectivity index (χ1v) is 17.7. The number of fused-ring (bicyclic) bond motifs is 1. The van der Waals surface area contributed by atoms with E-state index in [1.54, 1.807) is 13.2 Å². The summed E-state index contributed by atoms with van der Waals surface area (Å²) in [6.45, 7) is 9.65. The number of nitrogen functional groups attached to an aromatic ring is 1. The van der Waals surface area contributed by atoms with Gasteiger partial charge in [0.2, 0.25) is 11.8 Å². The molecule has 11 heteroatoms. The summed E-state index contributed by atoms with van der Waals surface area (Å²) in [4.78, 5) is 58.9. The lowest BCUT2D eigenvalue weighted by molar-refractivity contribution is -0.136. The van der Waals surface area contributed by atoms with Crippen LogP contribution in [0.4, 0.5) is 17.1 Å². The number of rotatable bonds is 7. The van der Waals surface area contributed by atoms with Crippen molar-refractivity contribution in [2.45, 2.75) is 64.3 Å². The molecular formula is C37H48N6O5. The number of nitrogens with one attached hydrogen (secondary N) is 1. The number of hydrogen-bond donors (Lipinski definition) is 2. The predicted molar refractivity (Wildman–Crippen MR) is 184 cm³/mol. The second-order valence-corrected chi connectivity index (χ2v) is 14.5. The smallest absolute Gasteiger partial charge is 0.262 e. The number of ether oxygens (including phenoxy) is 1. The summed E-state index contributed by atoms with van der Waals surface area (Å²) >= 11 is 0. The Morgan fingerprint density at radius 2 is 1.44 bits per heavy atom. The standard InChI is InChI=1S/C37H48N6O5/c1-23-19-30(38)33(48-2)21-32(23)42-17-11-26(12-18-42)25-9-13-40(14-10-25)22-24-7-15-41(16-8-24)27-3-4-28-29(20-27)37(47)43(36(28)46)31-5-6-34(44)39-35(31)45/h3-4,19-21,24-26,31H,5-18,22,38H2,1-2H3,(H,39,44,45). The van der Waals surface area contributed by atoms with Crippen molar-refractivity contribution in [3.63, 3.8) is 0 Å².